The van der Waals surface area contributed by atoms with Gasteiger partial charge in [0.1, 0.15) is 12.4 Å². The van der Waals surface area contributed by atoms with Crippen LogP contribution >= 0.6 is 0 Å². The van der Waals surface area contributed by atoms with Gasteiger partial charge in [-0.2, -0.15) is 18.3 Å². The third-order valence-corrected chi connectivity index (χ3v) is 5.26. The van der Waals surface area contributed by atoms with Gasteiger partial charge < -0.3 is 9.47 Å². The van der Waals surface area contributed by atoms with Gasteiger partial charge >= 0.3 is 11.9 Å². The minimum absolute atomic E-state index is 0.0252. The van der Waals surface area contributed by atoms with Crippen LogP contribution in [0.3, 0.4) is 0 Å². The molecule has 0 bridgehead atoms. The molecule has 0 radical (unpaired) electrons. The summed E-state index contributed by atoms with van der Waals surface area (Å²) >= 11 is 0. The van der Waals surface area contributed by atoms with Crippen LogP contribution in [-0.4, -0.2) is 38.0 Å². The van der Waals surface area contributed by atoms with Gasteiger partial charge in [-0.15, -0.1) is 0 Å². The summed E-state index contributed by atoms with van der Waals surface area (Å²) < 4.78 is 68.9. The minimum Gasteiger partial charge on any atom is -0.488 e. The first-order valence-corrected chi connectivity index (χ1v) is 10.1. The summed E-state index contributed by atoms with van der Waals surface area (Å²) in [7, 11) is 0. The Balaban J connectivity index is 1.69. The normalized spacial score (nSPS) is 18.6. The zero-order valence-corrected chi connectivity index (χ0v) is 17.5. The van der Waals surface area contributed by atoms with Crippen molar-refractivity contribution >= 4 is 0 Å². The highest BCUT2D eigenvalue weighted by atomic mass is 19.4. The van der Waals surface area contributed by atoms with Gasteiger partial charge in [-0.3, -0.25) is 13.8 Å². The molecule has 0 amide bonds. The molecule has 3 heterocycles. The fourth-order valence-corrected chi connectivity index (χ4v) is 3.49. The van der Waals surface area contributed by atoms with E-state index in [0.29, 0.717) is 12.2 Å². The summed E-state index contributed by atoms with van der Waals surface area (Å²) in [4.78, 5) is 13.0. The van der Waals surface area contributed by atoms with Crippen molar-refractivity contribution in [3.8, 4) is 11.4 Å². The number of aryl methyl sites for hydroxylation is 2. The van der Waals surface area contributed by atoms with Gasteiger partial charge in [0.25, 0.3) is 0 Å². The molecule has 0 N–H and O–H groups in total. The summed E-state index contributed by atoms with van der Waals surface area (Å²) in [6.07, 6.45) is 0.419. The van der Waals surface area contributed by atoms with Gasteiger partial charge in [0, 0.05) is 42.7 Å². The third kappa shape index (κ3) is 4.43. The van der Waals surface area contributed by atoms with Crippen LogP contribution in [0, 0.1) is 6.92 Å². The van der Waals surface area contributed by atoms with Crippen LogP contribution in [-0.2, 0) is 24.0 Å². The number of benzene rings is 1. The van der Waals surface area contributed by atoms with E-state index in [9.17, 15) is 22.4 Å². The lowest BCUT2D eigenvalue weighted by molar-refractivity contribution is -0.246. The van der Waals surface area contributed by atoms with Crippen molar-refractivity contribution in [1.29, 1.82) is 0 Å². The number of hydrogen-bond acceptors (Lipinski definition) is 4. The monoisotopic (exact) mass is 454 g/mol. The molecular weight excluding hydrogens is 432 g/mol. The smallest absolute Gasteiger partial charge is 0.416 e. The first-order valence-electron chi connectivity index (χ1n) is 10.1. The molecule has 11 heteroatoms. The molecule has 2 aromatic heterocycles. The number of alkyl halides is 4. The molecule has 1 aromatic carbocycles. The predicted molar refractivity (Wildman–Crippen MR) is 107 cm³/mol. The van der Waals surface area contributed by atoms with Crippen molar-refractivity contribution in [2.24, 2.45) is 0 Å². The van der Waals surface area contributed by atoms with Crippen molar-refractivity contribution in [1.82, 2.24) is 18.9 Å². The number of rotatable bonds is 7. The third-order valence-electron chi connectivity index (χ3n) is 5.26. The quantitative estimate of drug-likeness (QED) is 0.511. The van der Waals surface area contributed by atoms with Crippen molar-refractivity contribution < 1.29 is 27.0 Å². The Kier molecular flexibility index (Phi) is 5.61. The van der Waals surface area contributed by atoms with Crippen LogP contribution in [0.4, 0.5) is 17.6 Å². The topological polar surface area (TPSA) is 63.2 Å². The molecule has 1 unspecified atom stereocenters. The van der Waals surface area contributed by atoms with Gasteiger partial charge in [0.15, 0.2) is 0 Å². The summed E-state index contributed by atoms with van der Waals surface area (Å²) in [5.74, 6) is -2.21. The standard InChI is InChI=1S/C21H22F4N4O3/c1-3-28-12-15(9-26-28)11-27-10-14(2)29(19(27)30)17-6-16(21(23,24)25)7-18(8-17)31-13-20(22)4-5-32-20/h6-10,12H,3-5,11,13H2,1-2H3. The number of nitrogens with zero attached hydrogens (tertiary/aromatic N) is 4. The highest BCUT2D eigenvalue weighted by molar-refractivity contribution is 5.45. The molecule has 1 fully saturated rings. The summed E-state index contributed by atoms with van der Waals surface area (Å²) in [5.41, 5.74) is -0.319. The molecular formula is C21H22F4N4O3. The summed E-state index contributed by atoms with van der Waals surface area (Å²) in [6.45, 7) is 4.13. The largest absolute Gasteiger partial charge is 0.488 e. The summed E-state index contributed by atoms with van der Waals surface area (Å²) in [6, 6.07) is 2.93. The molecule has 0 spiro atoms. The molecule has 4 rings (SSSR count). The van der Waals surface area contributed by atoms with Crippen molar-refractivity contribution in [3.05, 3.63) is 64.1 Å². The Morgan fingerprint density at radius 3 is 2.59 bits per heavy atom. The highest BCUT2D eigenvalue weighted by Crippen LogP contribution is 2.35. The number of halogens is 4. The molecule has 3 aromatic rings. The van der Waals surface area contributed by atoms with E-state index >= 15 is 0 Å². The average Bonchev–Trinajstić information content (AvgIpc) is 3.28. The Labute approximate surface area is 180 Å². The first-order chi connectivity index (χ1) is 15.1. The molecule has 7 nitrogen and oxygen atoms in total. The SMILES string of the molecule is CCn1cc(Cn2cc(C)n(-c3cc(OCC4(F)CCO4)cc(C(F)(F)F)c3)c2=O)cn1. The second-order valence-corrected chi connectivity index (χ2v) is 7.70. The van der Waals surface area contributed by atoms with E-state index in [1.807, 2.05) is 6.92 Å². The second-order valence-electron chi connectivity index (χ2n) is 7.70. The number of imidazole rings is 1. The van der Waals surface area contributed by atoms with Crippen LogP contribution in [0.2, 0.25) is 0 Å². The van der Waals surface area contributed by atoms with Crippen LogP contribution < -0.4 is 10.4 Å². The Bertz CT molecular complexity index is 1170. The van der Waals surface area contributed by atoms with Crippen molar-refractivity contribution in [2.45, 2.75) is 45.4 Å². The van der Waals surface area contributed by atoms with E-state index in [-0.39, 0.29) is 31.0 Å². The molecule has 1 aliphatic heterocycles. The molecule has 0 aliphatic carbocycles. The highest BCUT2D eigenvalue weighted by Gasteiger charge is 2.40. The molecule has 1 atom stereocenters. The molecule has 172 valence electrons. The van der Waals surface area contributed by atoms with Crippen LogP contribution in [0.15, 0.2) is 41.6 Å². The second kappa shape index (κ2) is 8.12. The van der Waals surface area contributed by atoms with Gasteiger partial charge in [-0.05, 0) is 26.0 Å². The molecule has 1 aliphatic rings. The lowest BCUT2D eigenvalue weighted by Crippen LogP contribution is -2.44. The van der Waals surface area contributed by atoms with E-state index < -0.39 is 29.9 Å². The van der Waals surface area contributed by atoms with E-state index in [1.54, 1.807) is 30.2 Å². The van der Waals surface area contributed by atoms with Crippen molar-refractivity contribution in [2.75, 3.05) is 13.2 Å². The van der Waals surface area contributed by atoms with Crippen LogP contribution in [0.1, 0.15) is 30.2 Å². The zero-order chi connectivity index (χ0) is 23.1. The average molecular weight is 454 g/mol. The van der Waals surface area contributed by atoms with E-state index in [4.69, 9.17) is 9.47 Å². The van der Waals surface area contributed by atoms with Gasteiger partial charge in [0.05, 0.1) is 30.6 Å². The Morgan fingerprint density at radius 2 is 2.00 bits per heavy atom. The Morgan fingerprint density at radius 1 is 1.25 bits per heavy atom. The van der Waals surface area contributed by atoms with Gasteiger partial charge in [-0.1, -0.05) is 0 Å². The van der Waals surface area contributed by atoms with Gasteiger partial charge in [0.2, 0.25) is 5.85 Å². The summed E-state index contributed by atoms with van der Waals surface area (Å²) in [5, 5.41) is 4.16. The number of hydrogen-bond donors (Lipinski definition) is 0. The molecule has 1 saturated heterocycles. The number of aromatic nitrogens is 4. The van der Waals surface area contributed by atoms with Crippen LogP contribution in [0.5, 0.6) is 5.75 Å². The van der Waals surface area contributed by atoms with Crippen molar-refractivity contribution in [3.63, 3.8) is 0 Å². The fraction of sp³-hybridized carbons (Fsp3) is 0.429. The molecule has 32 heavy (non-hydrogen) atoms. The van der Waals surface area contributed by atoms with Gasteiger partial charge in [-0.25, -0.2) is 9.18 Å². The molecule has 0 saturated carbocycles. The minimum atomic E-state index is -4.68. The van der Waals surface area contributed by atoms with Crippen LogP contribution in [0.25, 0.3) is 5.69 Å². The predicted octanol–water partition coefficient (Wildman–Crippen LogP) is 3.70. The first kappa shape index (κ1) is 22.1. The maximum atomic E-state index is 14.1. The van der Waals surface area contributed by atoms with E-state index in [2.05, 4.69) is 5.10 Å². The van der Waals surface area contributed by atoms with E-state index in [1.165, 1.54) is 10.6 Å². The Hall–Kier alpha value is -3.08. The van der Waals surface area contributed by atoms with E-state index in [0.717, 1.165) is 22.3 Å². The number of ether oxygens (including phenoxy) is 2. The zero-order valence-electron chi connectivity index (χ0n) is 17.5. The maximum Gasteiger partial charge on any atom is 0.416 e. The maximum absolute atomic E-state index is 14.1. The fourth-order valence-electron chi connectivity index (χ4n) is 3.49. The lowest BCUT2D eigenvalue weighted by Gasteiger charge is -2.33. The lowest BCUT2D eigenvalue weighted by atomic mass is 10.1.